The average molecular weight is 196 g/mol. The average Bonchev–Trinajstić information content (AvgIpc) is 2.65. The van der Waals surface area contributed by atoms with Crippen molar-refractivity contribution in [3.8, 4) is 0 Å². The highest BCUT2D eigenvalue weighted by atomic mass is 15.2. The van der Waals surface area contributed by atoms with Crippen LogP contribution in [-0.4, -0.2) is 30.1 Å². The number of rotatable bonds is 2. The van der Waals surface area contributed by atoms with Crippen molar-refractivity contribution >= 4 is 0 Å². The second kappa shape index (κ2) is 4.63. The molecule has 0 unspecified atom stereocenters. The van der Waals surface area contributed by atoms with Crippen molar-refractivity contribution in [3.05, 3.63) is 0 Å². The highest BCUT2D eigenvalue weighted by Gasteiger charge is 2.29. The van der Waals surface area contributed by atoms with Crippen LogP contribution < -0.4 is 5.73 Å². The van der Waals surface area contributed by atoms with Crippen molar-refractivity contribution in [1.82, 2.24) is 4.90 Å². The van der Waals surface area contributed by atoms with Crippen molar-refractivity contribution in [3.63, 3.8) is 0 Å². The minimum absolute atomic E-state index is 0.457. The van der Waals surface area contributed by atoms with E-state index in [9.17, 15) is 0 Å². The fourth-order valence-electron chi connectivity index (χ4n) is 3.07. The van der Waals surface area contributed by atoms with Gasteiger partial charge in [0, 0.05) is 25.2 Å². The van der Waals surface area contributed by atoms with Gasteiger partial charge in [0.2, 0.25) is 0 Å². The molecule has 1 saturated heterocycles. The SMILES string of the molecule is CCC1CCC(N2CC[C@H](N)C2)CC1. The first kappa shape index (κ1) is 10.4. The fourth-order valence-corrected chi connectivity index (χ4v) is 3.07. The van der Waals surface area contributed by atoms with Crippen LogP contribution in [0, 0.1) is 5.92 Å². The standard InChI is InChI=1S/C12H24N2/c1-2-10-3-5-12(6-4-10)14-8-7-11(13)9-14/h10-12H,2-9,13H2,1H3/t10?,11-,12?/m0/s1. The lowest BCUT2D eigenvalue weighted by atomic mass is 9.84. The smallest absolute Gasteiger partial charge is 0.0180 e. The lowest BCUT2D eigenvalue weighted by molar-refractivity contribution is 0.161. The molecule has 1 aliphatic heterocycles. The number of nitrogens with zero attached hydrogens (tertiary/aromatic N) is 1. The molecular formula is C12H24N2. The van der Waals surface area contributed by atoms with E-state index >= 15 is 0 Å². The molecule has 2 N–H and O–H groups in total. The Bertz CT molecular complexity index is 173. The van der Waals surface area contributed by atoms with Crippen LogP contribution in [-0.2, 0) is 0 Å². The zero-order chi connectivity index (χ0) is 9.97. The molecule has 2 fully saturated rings. The van der Waals surface area contributed by atoms with Crippen molar-refractivity contribution in [2.75, 3.05) is 13.1 Å². The summed E-state index contributed by atoms with van der Waals surface area (Å²) < 4.78 is 0. The fraction of sp³-hybridized carbons (Fsp3) is 1.00. The van der Waals surface area contributed by atoms with Crippen molar-refractivity contribution in [2.45, 2.75) is 57.5 Å². The van der Waals surface area contributed by atoms with Gasteiger partial charge in [-0.1, -0.05) is 13.3 Å². The van der Waals surface area contributed by atoms with E-state index in [0.717, 1.165) is 18.5 Å². The second-order valence-corrected chi connectivity index (χ2v) is 5.13. The van der Waals surface area contributed by atoms with Crippen LogP contribution in [0.25, 0.3) is 0 Å². The molecule has 0 aromatic heterocycles. The third-order valence-corrected chi connectivity index (χ3v) is 4.17. The summed E-state index contributed by atoms with van der Waals surface area (Å²) in [5, 5.41) is 0. The second-order valence-electron chi connectivity index (χ2n) is 5.13. The zero-order valence-corrected chi connectivity index (χ0v) is 9.41. The Morgan fingerprint density at radius 1 is 1.14 bits per heavy atom. The first-order chi connectivity index (χ1) is 6.79. The van der Waals surface area contributed by atoms with E-state index in [4.69, 9.17) is 5.73 Å². The Hall–Kier alpha value is -0.0800. The van der Waals surface area contributed by atoms with E-state index in [0.29, 0.717) is 6.04 Å². The third kappa shape index (κ3) is 2.29. The summed E-state index contributed by atoms with van der Waals surface area (Å²) in [6.07, 6.45) is 8.34. The van der Waals surface area contributed by atoms with E-state index in [1.54, 1.807) is 0 Å². The maximum atomic E-state index is 5.94. The third-order valence-electron chi connectivity index (χ3n) is 4.17. The van der Waals surface area contributed by atoms with Crippen LogP contribution in [0.4, 0.5) is 0 Å². The van der Waals surface area contributed by atoms with E-state index in [1.807, 2.05) is 0 Å². The van der Waals surface area contributed by atoms with E-state index in [2.05, 4.69) is 11.8 Å². The quantitative estimate of drug-likeness (QED) is 0.732. The van der Waals surface area contributed by atoms with Gasteiger partial charge in [-0.2, -0.15) is 0 Å². The highest BCUT2D eigenvalue weighted by Crippen LogP contribution is 2.30. The van der Waals surface area contributed by atoms with Gasteiger partial charge in [-0.05, 0) is 38.0 Å². The molecule has 1 heterocycles. The van der Waals surface area contributed by atoms with Crippen molar-refractivity contribution in [2.24, 2.45) is 11.7 Å². The van der Waals surface area contributed by atoms with Gasteiger partial charge in [-0.25, -0.2) is 0 Å². The molecule has 1 saturated carbocycles. The Kier molecular flexibility index (Phi) is 3.45. The minimum Gasteiger partial charge on any atom is -0.326 e. The van der Waals surface area contributed by atoms with Gasteiger partial charge in [0.25, 0.3) is 0 Å². The summed E-state index contributed by atoms with van der Waals surface area (Å²) in [7, 11) is 0. The Morgan fingerprint density at radius 3 is 2.36 bits per heavy atom. The van der Waals surface area contributed by atoms with E-state index in [1.165, 1.54) is 45.1 Å². The minimum atomic E-state index is 0.457. The van der Waals surface area contributed by atoms with Gasteiger partial charge in [0.1, 0.15) is 0 Å². The first-order valence-electron chi connectivity index (χ1n) is 6.29. The molecule has 0 spiro atoms. The van der Waals surface area contributed by atoms with Crippen LogP contribution in [0.2, 0.25) is 0 Å². The van der Waals surface area contributed by atoms with Gasteiger partial charge in [-0.15, -0.1) is 0 Å². The summed E-state index contributed by atoms with van der Waals surface area (Å²) in [4.78, 5) is 2.64. The number of likely N-dealkylation sites (tertiary alicyclic amines) is 1. The van der Waals surface area contributed by atoms with Gasteiger partial charge in [-0.3, -0.25) is 4.90 Å². The molecule has 2 aliphatic rings. The van der Waals surface area contributed by atoms with Gasteiger partial charge >= 0.3 is 0 Å². The summed E-state index contributed by atoms with van der Waals surface area (Å²) in [5.74, 6) is 1.02. The molecule has 14 heavy (non-hydrogen) atoms. The molecule has 0 aromatic carbocycles. The van der Waals surface area contributed by atoms with Gasteiger partial charge in [0.15, 0.2) is 0 Å². The first-order valence-corrected chi connectivity index (χ1v) is 6.29. The molecule has 2 rings (SSSR count). The lowest BCUT2D eigenvalue weighted by Gasteiger charge is -2.34. The predicted octanol–water partition coefficient (Wildman–Crippen LogP) is 1.99. The monoisotopic (exact) mass is 196 g/mol. The molecule has 2 heteroatoms. The van der Waals surface area contributed by atoms with E-state index in [-0.39, 0.29) is 0 Å². The molecule has 82 valence electrons. The summed E-state index contributed by atoms with van der Waals surface area (Å²) in [6.45, 7) is 4.74. The van der Waals surface area contributed by atoms with Crippen LogP contribution in [0.1, 0.15) is 45.4 Å². The molecular weight excluding hydrogens is 172 g/mol. The normalized spacial score (nSPS) is 40.3. The van der Waals surface area contributed by atoms with Crippen LogP contribution in [0.5, 0.6) is 0 Å². The largest absolute Gasteiger partial charge is 0.326 e. The Morgan fingerprint density at radius 2 is 1.86 bits per heavy atom. The van der Waals surface area contributed by atoms with Crippen LogP contribution >= 0.6 is 0 Å². The van der Waals surface area contributed by atoms with Crippen LogP contribution in [0.15, 0.2) is 0 Å². The maximum Gasteiger partial charge on any atom is 0.0180 e. The summed E-state index contributed by atoms with van der Waals surface area (Å²) in [6, 6.07) is 1.32. The van der Waals surface area contributed by atoms with Crippen LogP contribution in [0.3, 0.4) is 0 Å². The van der Waals surface area contributed by atoms with Crippen molar-refractivity contribution in [1.29, 1.82) is 0 Å². The highest BCUT2D eigenvalue weighted by molar-refractivity contribution is 4.86. The molecule has 2 nitrogen and oxygen atoms in total. The molecule has 1 atom stereocenters. The van der Waals surface area contributed by atoms with Crippen molar-refractivity contribution < 1.29 is 0 Å². The molecule has 0 amide bonds. The lowest BCUT2D eigenvalue weighted by Crippen LogP contribution is -2.38. The molecule has 0 radical (unpaired) electrons. The Balaban J connectivity index is 1.78. The predicted molar refractivity (Wildman–Crippen MR) is 60.2 cm³/mol. The van der Waals surface area contributed by atoms with Gasteiger partial charge < -0.3 is 5.73 Å². The summed E-state index contributed by atoms with van der Waals surface area (Å²) in [5.41, 5.74) is 5.94. The molecule has 0 aromatic rings. The number of hydrogen-bond donors (Lipinski definition) is 1. The Labute approximate surface area is 87.8 Å². The molecule has 1 aliphatic carbocycles. The number of hydrogen-bond acceptors (Lipinski definition) is 2. The molecule has 0 bridgehead atoms. The maximum absolute atomic E-state index is 5.94. The van der Waals surface area contributed by atoms with Gasteiger partial charge in [0.05, 0.1) is 0 Å². The topological polar surface area (TPSA) is 29.3 Å². The summed E-state index contributed by atoms with van der Waals surface area (Å²) >= 11 is 0. The zero-order valence-electron chi connectivity index (χ0n) is 9.41. The number of nitrogens with two attached hydrogens (primary N) is 1. The van der Waals surface area contributed by atoms with E-state index < -0.39 is 0 Å².